The van der Waals surface area contributed by atoms with E-state index in [4.69, 9.17) is 14.3 Å². The van der Waals surface area contributed by atoms with E-state index in [9.17, 15) is 4.79 Å². The summed E-state index contributed by atoms with van der Waals surface area (Å²) in [6.07, 6.45) is 3.65. The second kappa shape index (κ2) is 8.15. The Morgan fingerprint density at radius 2 is 2.00 bits per heavy atom. The number of hydrogen-bond donors (Lipinski definition) is 1. The van der Waals surface area contributed by atoms with Gasteiger partial charge in [0.15, 0.2) is 0 Å². The lowest BCUT2D eigenvalue weighted by Crippen LogP contribution is -2.07. The molecule has 5 nitrogen and oxygen atoms in total. The molecule has 2 aromatic carbocycles. The molecule has 0 unspecified atom stereocenters. The highest BCUT2D eigenvalue weighted by Crippen LogP contribution is 2.38. The van der Waals surface area contributed by atoms with Crippen LogP contribution in [0, 0.1) is 13.8 Å². The molecule has 5 heteroatoms. The molecule has 1 N–H and O–H groups in total. The molecule has 2 aromatic heterocycles. The van der Waals surface area contributed by atoms with Gasteiger partial charge in [-0.15, -0.1) is 0 Å². The molecule has 0 radical (unpaired) electrons. The molecular formula is C27H25NO4. The minimum Gasteiger partial charge on any atom is -0.493 e. The van der Waals surface area contributed by atoms with Gasteiger partial charge < -0.3 is 14.3 Å². The van der Waals surface area contributed by atoms with Crippen LogP contribution in [0.2, 0.25) is 0 Å². The lowest BCUT2D eigenvalue weighted by molar-refractivity contribution is -0.137. The maximum Gasteiger partial charge on any atom is 0.304 e. The number of carboxylic acid groups (broad SMARTS) is 1. The summed E-state index contributed by atoms with van der Waals surface area (Å²) in [6.45, 7) is 4.60. The van der Waals surface area contributed by atoms with Crippen molar-refractivity contribution in [3.63, 3.8) is 0 Å². The van der Waals surface area contributed by atoms with E-state index in [-0.39, 0.29) is 12.3 Å². The first-order valence-corrected chi connectivity index (χ1v) is 10.9. The number of pyridine rings is 1. The van der Waals surface area contributed by atoms with Gasteiger partial charge in [0, 0.05) is 28.6 Å². The van der Waals surface area contributed by atoms with Gasteiger partial charge in [-0.25, -0.2) is 4.98 Å². The fourth-order valence-corrected chi connectivity index (χ4v) is 4.74. The minimum atomic E-state index is -0.790. The van der Waals surface area contributed by atoms with Gasteiger partial charge in [0.1, 0.15) is 11.5 Å². The summed E-state index contributed by atoms with van der Waals surface area (Å²) in [7, 11) is 0. The number of benzene rings is 2. The summed E-state index contributed by atoms with van der Waals surface area (Å²) in [5.41, 5.74) is 7.71. The predicted octanol–water partition coefficient (Wildman–Crippen LogP) is 5.85. The van der Waals surface area contributed by atoms with Crippen LogP contribution < -0.4 is 4.74 Å². The van der Waals surface area contributed by atoms with Gasteiger partial charge in [-0.3, -0.25) is 4.79 Å². The van der Waals surface area contributed by atoms with Gasteiger partial charge >= 0.3 is 5.97 Å². The second-order valence-corrected chi connectivity index (χ2v) is 8.46. The molecule has 0 bridgehead atoms. The Morgan fingerprint density at radius 1 is 1.12 bits per heavy atom. The third-order valence-corrected chi connectivity index (χ3v) is 6.42. The van der Waals surface area contributed by atoms with Crippen LogP contribution in [0.25, 0.3) is 22.2 Å². The van der Waals surface area contributed by atoms with Crippen molar-refractivity contribution < 1.29 is 19.1 Å². The van der Waals surface area contributed by atoms with E-state index in [1.807, 2.05) is 19.1 Å². The first-order chi connectivity index (χ1) is 15.5. The highest BCUT2D eigenvalue weighted by molar-refractivity contribution is 5.94. The lowest BCUT2D eigenvalue weighted by Gasteiger charge is -2.12. The summed E-state index contributed by atoms with van der Waals surface area (Å²) in [6, 6.07) is 16.6. The van der Waals surface area contributed by atoms with Crippen LogP contribution in [0.15, 0.2) is 59.1 Å². The molecule has 0 fully saturated rings. The highest BCUT2D eigenvalue weighted by atomic mass is 16.5. The Balaban J connectivity index is 1.39. The Labute approximate surface area is 186 Å². The standard InChI is InChI=1S/C27H25NO4/c1-16-19(5-3-6-21(16)26-17(2)32-27-23(26)7-4-12-28-27)10-8-18-9-11-22-20(14-25(29)30)15-31-24(22)13-18/h3-7,9,11-13,20H,8,10,14-15H2,1-2H3,(H,29,30)/t20-/m1/s1. The van der Waals surface area contributed by atoms with Crippen LogP contribution >= 0.6 is 0 Å². The monoisotopic (exact) mass is 427 g/mol. The van der Waals surface area contributed by atoms with Crippen molar-refractivity contribution in [2.75, 3.05) is 6.61 Å². The van der Waals surface area contributed by atoms with Gasteiger partial charge in [-0.05, 0) is 67.1 Å². The second-order valence-electron chi connectivity index (χ2n) is 8.46. The quantitative estimate of drug-likeness (QED) is 0.418. The lowest BCUT2D eigenvalue weighted by atomic mass is 9.91. The van der Waals surface area contributed by atoms with Crippen molar-refractivity contribution in [2.45, 2.75) is 39.0 Å². The molecule has 0 amide bonds. The molecule has 5 rings (SSSR count). The van der Waals surface area contributed by atoms with E-state index in [0.717, 1.165) is 40.9 Å². The topological polar surface area (TPSA) is 72.6 Å². The van der Waals surface area contributed by atoms with E-state index >= 15 is 0 Å². The van der Waals surface area contributed by atoms with Crippen molar-refractivity contribution in [3.8, 4) is 16.9 Å². The van der Waals surface area contributed by atoms with Crippen molar-refractivity contribution in [1.29, 1.82) is 0 Å². The summed E-state index contributed by atoms with van der Waals surface area (Å²) in [5.74, 6) is 0.859. The molecule has 0 saturated heterocycles. The molecular weight excluding hydrogens is 402 g/mol. The molecule has 0 saturated carbocycles. The number of rotatable bonds is 6. The van der Waals surface area contributed by atoms with E-state index < -0.39 is 5.97 Å². The van der Waals surface area contributed by atoms with Crippen LogP contribution in [-0.2, 0) is 17.6 Å². The zero-order chi connectivity index (χ0) is 22.2. The van der Waals surface area contributed by atoms with Gasteiger partial charge in [-0.1, -0.05) is 30.3 Å². The van der Waals surface area contributed by atoms with Gasteiger partial charge in [0.05, 0.1) is 13.0 Å². The van der Waals surface area contributed by atoms with Crippen LogP contribution in [0.1, 0.15) is 40.4 Å². The van der Waals surface area contributed by atoms with Gasteiger partial charge in [0.2, 0.25) is 5.71 Å². The van der Waals surface area contributed by atoms with Gasteiger partial charge in [-0.2, -0.15) is 0 Å². The number of carbonyl (C=O) groups is 1. The summed E-state index contributed by atoms with van der Waals surface area (Å²) >= 11 is 0. The molecule has 4 aromatic rings. The Hall–Kier alpha value is -3.60. The molecule has 1 atom stereocenters. The summed E-state index contributed by atoms with van der Waals surface area (Å²) in [5, 5.41) is 10.1. The number of furan rings is 1. The van der Waals surface area contributed by atoms with E-state index in [1.54, 1.807) is 6.20 Å². The first-order valence-electron chi connectivity index (χ1n) is 10.9. The highest BCUT2D eigenvalue weighted by Gasteiger charge is 2.26. The number of ether oxygens (including phenoxy) is 1. The van der Waals surface area contributed by atoms with Gasteiger partial charge in [0.25, 0.3) is 0 Å². The third-order valence-electron chi connectivity index (χ3n) is 6.42. The van der Waals surface area contributed by atoms with Crippen LogP contribution in [0.4, 0.5) is 0 Å². The Bertz CT molecular complexity index is 1320. The smallest absolute Gasteiger partial charge is 0.304 e. The third kappa shape index (κ3) is 3.64. The van der Waals surface area contributed by atoms with Crippen LogP contribution in [0.3, 0.4) is 0 Å². The molecule has 1 aliphatic heterocycles. The van der Waals surface area contributed by atoms with Crippen LogP contribution in [-0.4, -0.2) is 22.7 Å². The largest absolute Gasteiger partial charge is 0.493 e. The fourth-order valence-electron chi connectivity index (χ4n) is 4.74. The number of carboxylic acids is 1. The average Bonchev–Trinajstić information content (AvgIpc) is 3.32. The summed E-state index contributed by atoms with van der Waals surface area (Å²) in [4.78, 5) is 15.4. The Kier molecular flexibility index (Phi) is 5.17. The van der Waals surface area contributed by atoms with Crippen molar-refractivity contribution in [1.82, 2.24) is 4.98 Å². The number of nitrogens with zero attached hydrogens (tertiary/aromatic N) is 1. The van der Waals surface area contributed by atoms with E-state index in [0.29, 0.717) is 12.3 Å². The normalized spacial score (nSPS) is 15.0. The first kappa shape index (κ1) is 20.3. The molecule has 0 aliphatic carbocycles. The predicted molar refractivity (Wildman–Crippen MR) is 123 cm³/mol. The fraction of sp³-hybridized carbons (Fsp3) is 0.259. The number of aryl methyl sites for hydroxylation is 3. The molecule has 32 heavy (non-hydrogen) atoms. The van der Waals surface area contributed by atoms with E-state index in [1.165, 1.54) is 22.3 Å². The molecule has 1 aliphatic rings. The maximum absolute atomic E-state index is 11.1. The van der Waals surface area contributed by atoms with Crippen LogP contribution in [0.5, 0.6) is 5.75 Å². The van der Waals surface area contributed by atoms with E-state index in [2.05, 4.69) is 48.3 Å². The molecule has 162 valence electrons. The van der Waals surface area contributed by atoms with Crippen molar-refractivity contribution in [3.05, 3.63) is 82.7 Å². The minimum absolute atomic E-state index is 0.0574. The Morgan fingerprint density at radius 3 is 2.84 bits per heavy atom. The number of fused-ring (bicyclic) bond motifs is 2. The maximum atomic E-state index is 11.1. The average molecular weight is 428 g/mol. The summed E-state index contributed by atoms with van der Waals surface area (Å²) < 4.78 is 11.7. The number of aromatic nitrogens is 1. The van der Waals surface area contributed by atoms with Crippen molar-refractivity contribution >= 4 is 17.1 Å². The zero-order valence-corrected chi connectivity index (χ0v) is 18.2. The number of aliphatic carboxylic acids is 1. The molecule has 3 heterocycles. The SMILES string of the molecule is Cc1oc2ncccc2c1-c1cccc(CCc2ccc3c(c2)OC[C@H]3CC(=O)O)c1C. The number of hydrogen-bond acceptors (Lipinski definition) is 4. The zero-order valence-electron chi connectivity index (χ0n) is 18.2. The molecule has 0 spiro atoms. The van der Waals surface area contributed by atoms with Crippen molar-refractivity contribution in [2.24, 2.45) is 0 Å².